The first-order valence-electron chi connectivity index (χ1n) is 13.9. The Kier molecular flexibility index (Phi) is 9.01. The predicted molar refractivity (Wildman–Crippen MR) is 154 cm³/mol. The van der Waals surface area contributed by atoms with Gasteiger partial charge in [0.2, 0.25) is 0 Å². The zero-order chi connectivity index (χ0) is 28.0. The number of nitrogens with one attached hydrogen (secondary N) is 1. The highest BCUT2D eigenvalue weighted by Crippen LogP contribution is 2.32. The van der Waals surface area contributed by atoms with Crippen LogP contribution in [0.5, 0.6) is 5.75 Å². The molecule has 4 rings (SSSR count). The average molecular weight is 526 g/mol. The lowest BCUT2D eigenvalue weighted by Crippen LogP contribution is -2.41. The van der Waals surface area contributed by atoms with Crippen molar-refractivity contribution in [1.82, 2.24) is 5.32 Å². The molecule has 1 fully saturated rings. The summed E-state index contributed by atoms with van der Waals surface area (Å²) in [6.07, 6.45) is 6.64. The van der Waals surface area contributed by atoms with Gasteiger partial charge in [0.25, 0.3) is 5.91 Å². The van der Waals surface area contributed by atoms with Gasteiger partial charge in [-0.25, -0.2) is 4.79 Å². The fraction of sp³-hybridized carbons (Fsp3) is 0.382. The van der Waals surface area contributed by atoms with Crippen LogP contribution in [0.3, 0.4) is 0 Å². The van der Waals surface area contributed by atoms with Crippen LogP contribution in [0, 0.1) is 0 Å². The Morgan fingerprint density at radius 2 is 1.41 bits per heavy atom. The number of esters is 1. The van der Waals surface area contributed by atoms with Crippen molar-refractivity contribution >= 4 is 17.7 Å². The van der Waals surface area contributed by atoms with Crippen molar-refractivity contribution in [1.29, 1.82) is 0 Å². The van der Waals surface area contributed by atoms with Gasteiger partial charge in [0.1, 0.15) is 5.75 Å². The summed E-state index contributed by atoms with van der Waals surface area (Å²) in [5, 5.41) is 2.86. The number of carbonyl (C=O) groups is 3. The molecule has 3 aromatic rings. The van der Waals surface area contributed by atoms with Crippen molar-refractivity contribution in [3.8, 4) is 5.75 Å². The first-order chi connectivity index (χ1) is 18.6. The smallest absolute Gasteiger partial charge is 0.343 e. The number of ether oxygens (including phenoxy) is 1. The number of Topliss-reactive ketones (excluding diaryl/α,β-unsaturated/α-hetero) is 1. The van der Waals surface area contributed by atoms with E-state index in [-0.39, 0.29) is 17.1 Å². The number of benzene rings is 3. The highest BCUT2D eigenvalue weighted by atomic mass is 16.5. The van der Waals surface area contributed by atoms with Crippen molar-refractivity contribution < 1.29 is 19.1 Å². The molecule has 0 aliphatic heterocycles. The second kappa shape index (κ2) is 12.4. The average Bonchev–Trinajstić information content (AvgIpc) is 2.93. The molecule has 1 N–H and O–H groups in total. The molecule has 0 radical (unpaired) electrons. The summed E-state index contributed by atoms with van der Waals surface area (Å²) in [7, 11) is 0. The number of hydrogen-bond donors (Lipinski definition) is 1. The molecule has 204 valence electrons. The summed E-state index contributed by atoms with van der Waals surface area (Å²) < 4.78 is 5.57. The second-order valence-electron chi connectivity index (χ2n) is 11.7. The van der Waals surface area contributed by atoms with Gasteiger partial charge in [-0.15, -0.1) is 0 Å². The van der Waals surface area contributed by atoms with Crippen molar-refractivity contribution in [2.24, 2.45) is 0 Å². The molecule has 1 atom stereocenters. The SMILES string of the molecule is CC(=O)[C@H](Cc1ccc(OC(=O)c2ccc(C3CCCCC3)cc2)cc1)NC(=O)c1ccc(C(C)(C)C)cc1. The quantitative estimate of drug-likeness (QED) is 0.250. The first kappa shape index (κ1) is 28.3. The van der Waals surface area contributed by atoms with E-state index in [0.717, 1.165) is 11.1 Å². The minimum absolute atomic E-state index is 0.00340. The van der Waals surface area contributed by atoms with Crippen LogP contribution in [0.15, 0.2) is 72.8 Å². The van der Waals surface area contributed by atoms with E-state index in [2.05, 4.69) is 26.1 Å². The van der Waals surface area contributed by atoms with E-state index in [4.69, 9.17) is 4.74 Å². The lowest BCUT2D eigenvalue weighted by molar-refractivity contribution is -0.118. The molecule has 0 saturated heterocycles. The Bertz CT molecular complexity index is 1280. The molecular weight excluding hydrogens is 486 g/mol. The Balaban J connectivity index is 1.33. The van der Waals surface area contributed by atoms with Gasteiger partial charge in [-0.1, -0.05) is 76.4 Å². The number of rotatable bonds is 8. The normalized spacial score (nSPS) is 14.9. The van der Waals surface area contributed by atoms with Gasteiger partial charge in [0, 0.05) is 5.56 Å². The van der Waals surface area contributed by atoms with Crippen LogP contribution in [0.1, 0.15) is 103 Å². The van der Waals surface area contributed by atoms with Crippen LogP contribution in [0.2, 0.25) is 0 Å². The third-order valence-corrected chi connectivity index (χ3v) is 7.61. The Morgan fingerprint density at radius 1 is 0.821 bits per heavy atom. The van der Waals surface area contributed by atoms with Crippen LogP contribution in [0.4, 0.5) is 0 Å². The van der Waals surface area contributed by atoms with Crippen LogP contribution in [-0.2, 0) is 16.6 Å². The molecule has 1 saturated carbocycles. The summed E-state index contributed by atoms with van der Waals surface area (Å²) in [5.41, 5.74) is 4.33. The van der Waals surface area contributed by atoms with Crippen molar-refractivity contribution in [2.75, 3.05) is 0 Å². The predicted octanol–water partition coefficient (Wildman–Crippen LogP) is 7.18. The largest absolute Gasteiger partial charge is 0.423 e. The zero-order valence-corrected chi connectivity index (χ0v) is 23.5. The lowest BCUT2D eigenvalue weighted by Gasteiger charge is -2.22. The summed E-state index contributed by atoms with van der Waals surface area (Å²) in [6, 6.07) is 21.7. The molecule has 0 spiro atoms. The zero-order valence-electron chi connectivity index (χ0n) is 23.5. The van der Waals surface area contributed by atoms with E-state index in [0.29, 0.717) is 29.2 Å². The molecule has 0 unspecified atom stereocenters. The first-order valence-corrected chi connectivity index (χ1v) is 13.9. The molecule has 5 heteroatoms. The summed E-state index contributed by atoms with van der Waals surface area (Å²) in [4.78, 5) is 37.8. The molecule has 1 aliphatic rings. The van der Waals surface area contributed by atoms with E-state index in [1.54, 1.807) is 24.3 Å². The van der Waals surface area contributed by atoms with E-state index in [1.807, 2.05) is 48.5 Å². The van der Waals surface area contributed by atoms with Crippen LogP contribution in [-0.4, -0.2) is 23.7 Å². The number of hydrogen-bond acceptors (Lipinski definition) is 4. The summed E-state index contributed by atoms with van der Waals surface area (Å²) >= 11 is 0. The second-order valence-corrected chi connectivity index (χ2v) is 11.7. The van der Waals surface area contributed by atoms with E-state index in [1.165, 1.54) is 44.6 Å². The summed E-state index contributed by atoms with van der Waals surface area (Å²) in [5.74, 6) is 0.221. The Morgan fingerprint density at radius 3 is 1.97 bits per heavy atom. The van der Waals surface area contributed by atoms with Crippen LogP contribution in [0.25, 0.3) is 0 Å². The fourth-order valence-corrected chi connectivity index (χ4v) is 5.08. The molecule has 0 bridgehead atoms. The maximum Gasteiger partial charge on any atom is 0.343 e. The number of carbonyl (C=O) groups excluding carboxylic acids is 3. The number of amides is 1. The van der Waals surface area contributed by atoms with Gasteiger partial charge in [-0.05, 0) is 90.6 Å². The molecular formula is C34H39NO4. The van der Waals surface area contributed by atoms with Gasteiger partial charge in [0.15, 0.2) is 5.78 Å². The topological polar surface area (TPSA) is 72.5 Å². The van der Waals surface area contributed by atoms with Crippen LogP contribution >= 0.6 is 0 Å². The highest BCUT2D eigenvalue weighted by Gasteiger charge is 2.20. The maximum absolute atomic E-state index is 12.8. The third kappa shape index (κ3) is 7.66. The summed E-state index contributed by atoms with van der Waals surface area (Å²) in [6.45, 7) is 7.84. The van der Waals surface area contributed by atoms with Gasteiger partial charge >= 0.3 is 5.97 Å². The molecule has 3 aromatic carbocycles. The highest BCUT2D eigenvalue weighted by molar-refractivity contribution is 5.97. The molecule has 5 nitrogen and oxygen atoms in total. The molecule has 1 aliphatic carbocycles. The minimum Gasteiger partial charge on any atom is -0.423 e. The molecule has 0 aromatic heterocycles. The van der Waals surface area contributed by atoms with Crippen LogP contribution < -0.4 is 10.1 Å². The lowest BCUT2D eigenvalue weighted by atomic mass is 9.84. The third-order valence-electron chi connectivity index (χ3n) is 7.61. The Hall–Kier alpha value is -3.73. The van der Waals surface area contributed by atoms with Gasteiger partial charge < -0.3 is 10.1 Å². The monoisotopic (exact) mass is 525 g/mol. The molecule has 39 heavy (non-hydrogen) atoms. The van der Waals surface area contributed by atoms with Gasteiger partial charge in [0.05, 0.1) is 11.6 Å². The standard InChI is InChI=1S/C34H39NO4/c1-23(36)31(35-32(37)27-16-18-29(19-17-27)34(2,3)4)22-24-10-20-30(21-11-24)39-33(38)28-14-12-26(13-15-28)25-8-6-5-7-9-25/h10-21,25,31H,5-9,22H2,1-4H3,(H,35,37)/t31-/m0/s1. The maximum atomic E-state index is 12.8. The van der Waals surface area contributed by atoms with Crippen molar-refractivity contribution in [2.45, 2.75) is 83.6 Å². The van der Waals surface area contributed by atoms with Gasteiger partial charge in [-0.2, -0.15) is 0 Å². The van der Waals surface area contributed by atoms with E-state index in [9.17, 15) is 14.4 Å². The fourth-order valence-electron chi connectivity index (χ4n) is 5.08. The Labute approximate surface area is 232 Å². The van der Waals surface area contributed by atoms with Crippen molar-refractivity contribution in [3.05, 3.63) is 101 Å². The minimum atomic E-state index is -0.657. The van der Waals surface area contributed by atoms with E-state index >= 15 is 0 Å². The number of ketones is 1. The molecule has 1 amide bonds. The van der Waals surface area contributed by atoms with Gasteiger partial charge in [-0.3, -0.25) is 9.59 Å². The van der Waals surface area contributed by atoms with E-state index < -0.39 is 12.0 Å². The van der Waals surface area contributed by atoms with Crippen molar-refractivity contribution in [3.63, 3.8) is 0 Å². The molecule has 0 heterocycles.